The summed E-state index contributed by atoms with van der Waals surface area (Å²) < 4.78 is 43.7. The largest absolute Gasteiger partial charge is 0.438 e. The maximum absolute atomic E-state index is 12.8. The molecule has 0 bridgehead atoms. The Morgan fingerprint density at radius 2 is 1.85 bits per heavy atom. The highest BCUT2D eigenvalue weighted by Crippen LogP contribution is 2.37. The number of pyridine rings is 1. The van der Waals surface area contributed by atoms with Crippen molar-refractivity contribution in [1.29, 1.82) is 0 Å². The molecule has 6 heteroatoms. The molecule has 1 aromatic carbocycles. The number of halogens is 4. The van der Waals surface area contributed by atoms with Crippen LogP contribution in [0.25, 0.3) is 0 Å². The second kappa shape index (κ2) is 5.71. The van der Waals surface area contributed by atoms with Crippen LogP contribution in [0.3, 0.4) is 0 Å². The summed E-state index contributed by atoms with van der Waals surface area (Å²) in [5.41, 5.74) is 0.603. The van der Waals surface area contributed by atoms with E-state index >= 15 is 0 Å². The number of alkyl halides is 4. The fraction of sp³-hybridized carbons (Fsp3) is 0.214. The number of ether oxygens (including phenoxy) is 1. The average molecular weight is 302 g/mol. The van der Waals surface area contributed by atoms with Gasteiger partial charge in [0.1, 0.15) is 5.75 Å². The molecule has 0 aliphatic carbocycles. The van der Waals surface area contributed by atoms with Crippen molar-refractivity contribution in [2.45, 2.75) is 19.0 Å². The zero-order valence-electron chi connectivity index (χ0n) is 10.5. The lowest BCUT2D eigenvalue weighted by Crippen LogP contribution is -2.07. The van der Waals surface area contributed by atoms with Crippen LogP contribution in [0.1, 0.15) is 16.8 Å². The molecule has 0 spiro atoms. The van der Waals surface area contributed by atoms with Crippen LogP contribution in [0.2, 0.25) is 0 Å². The van der Waals surface area contributed by atoms with Crippen molar-refractivity contribution in [1.82, 2.24) is 4.98 Å². The highest BCUT2D eigenvalue weighted by Gasteiger charge is 2.34. The van der Waals surface area contributed by atoms with Gasteiger partial charge in [-0.25, -0.2) is 4.98 Å². The number of rotatable bonds is 3. The Bertz CT molecular complexity index is 614. The van der Waals surface area contributed by atoms with Crippen molar-refractivity contribution < 1.29 is 17.9 Å². The van der Waals surface area contributed by atoms with Gasteiger partial charge in [0, 0.05) is 17.6 Å². The topological polar surface area (TPSA) is 22.1 Å². The zero-order valence-corrected chi connectivity index (χ0v) is 11.3. The normalized spacial score (nSPS) is 11.4. The monoisotopic (exact) mass is 301 g/mol. The zero-order chi connectivity index (χ0) is 14.8. The number of hydrogen-bond acceptors (Lipinski definition) is 2. The van der Waals surface area contributed by atoms with E-state index in [0.29, 0.717) is 5.69 Å². The lowest BCUT2D eigenvalue weighted by atomic mass is 10.2. The van der Waals surface area contributed by atoms with Crippen LogP contribution in [-0.2, 0) is 12.1 Å². The molecule has 0 saturated heterocycles. The summed E-state index contributed by atoms with van der Waals surface area (Å²) in [7, 11) is 0. The summed E-state index contributed by atoms with van der Waals surface area (Å²) in [4.78, 5) is 4.09. The third-order valence-electron chi connectivity index (χ3n) is 2.72. The quantitative estimate of drug-likeness (QED) is 0.749. The Balaban J connectivity index is 2.33. The molecular formula is C14H11ClF3NO. The van der Waals surface area contributed by atoms with Gasteiger partial charge >= 0.3 is 6.18 Å². The van der Waals surface area contributed by atoms with Gasteiger partial charge in [-0.15, -0.1) is 11.6 Å². The minimum Gasteiger partial charge on any atom is -0.438 e. The first-order valence-corrected chi connectivity index (χ1v) is 6.32. The van der Waals surface area contributed by atoms with Crippen molar-refractivity contribution in [3.8, 4) is 11.6 Å². The molecule has 0 amide bonds. The van der Waals surface area contributed by atoms with Crippen LogP contribution in [0.15, 0.2) is 36.4 Å². The molecule has 2 nitrogen and oxygen atoms in total. The molecule has 0 N–H and O–H groups in total. The molecule has 2 aromatic rings. The van der Waals surface area contributed by atoms with Crippen molar-refractivity contribution in [3.05, 3.63) is 53.2 Å². The van der Waals surface area contributed by atoms with Crippen molar-refractivity contribution >= 4 is 11.6 Å². The Morgan fingerprint density at radius 3 is 2.45 bits per heavy atom. The van der Waals surface area contributed by atoms with E-state index in [1.54, 1.807) is 13.0 Å². The van der Waals surface area contributed by atoms with Crippen LogP contribution >= 0.6 is 11.6 Å². The van der Waals surface area contributed by atoms with Gasteiger partial charge in [0.2, 0.25) is 5.88 Å². The molecule has 106 valence electrons. The van der Waals surface area contributed by atoms with Gasteiger partial charge in [-0.05, 0) is 24.6 Å². The first kappa shape index (κ1) is 14.7. The molecule has 2 rings (SSSR count). The van der Waals surface area contributed by atoms with Crippen LogP contribution in [0.5, 0.6) is 11.6 Å². The Morgan fingerprint density at radius 1 is 1.15 bits per heavy atom. The van der Waals surface area contributed by atoms with Gasteiger partial charge in [0.15, 0.2) is 0 Å². The summed E-state index contributed by atoms with van der Waals surface area (Å²) >= 11 is 5.70. The van der Waals surface area contributed by atoms with Gasteiger partial charge in [-0.1, -0.05) is 18.2 Å². The van der Waals surface area contributed by atoms with E-state index in [0.717, 1.165) is 11.6 Å². The summed E-state index contributed by atoms with van der Waals surface area (Å²) in [5, 5.41) is 0. The number of hydrogen-bond donors (Lipinski definition) is 0. The molecule has 0 unspecified atom stereocenters. The number of aromatic nitrogens is 1. The van der Waals surface area contributed by atoms with E-state index in [4.69, 9.17) is 16.3 Å². The predicted molar refractivity (Wildman–Crippen MR) is 70.0 cm³/mol. The summed E-state index contributed by atoms with van der Waals surface area (Å²) in [6, 6.07) is 8.19. The third kappa shape index (κ3) is 3.22. The Hall–Kier alpha value is -1.75. The minimum absolute atomic E-state index is 0.105. The second-order valence-corrected chi connectivity index (χ2v) is 4.39. The van der Waals surface area contributed by atoms with E-state index in [1.807, 2.05) is 0 Å². The Kier molecular flexibility index (Phi) is 4.18. The van der Waals surface area contributed by atoms with Crippen molar-refractivity contribution in [3.63, 3.8) is 0 Å². The SMILES string of the molecule is Cc1nc(Oc2ccccc2C(F)(F)F)ccc1CCl. The van der Waals surface area contributed by atoms with Crippen molar-refractivity contribution in [2.75, 3.05) is 0 Å². The molecule has 0 aliphatic heterocycles. The van der Waals surface area contributed by atoms with Crippen molar-refractivity contribution in [2.24, 2.45) is 0 Å². The van der Waals surface area contributed by atoms with Gasteiger partial charge < -0.3 is 4.74 Å². The van der Waals surface area contributed by atoms with E-state index in [-0.39, 0.29) is 17.5 Å². The number of aryl methyl sites for hydroxylation is 1. The molecule has 0 fully saturated rings. The number of para-hydroxylation sites is 1. The van der Waals surface area contributed by atoms with Gasteiger partial charge in [0.05, 0.1) is 5.56 Å². The maximum Gasteiger partial charge on any atom is 0.419 e. The Labute approximate surface area is 119 Å². The van der Waals surface area contributed by atoms with Crippen LogP contribution in [-0.4, -0.2) is 4.98 Å². The fourth-order valence-corrected chi connectivity index (χ4v) is 1.95. The maximum atomic E-state index is 12.8. The highest BCUT2D eigenvalue weighted by molar-refractivity contribution is 6.17. The summed E-state index contributed by atoms with van der Waals surface area (Å²) in [5.74, 6) is 0.122. The van der Waals surface area contributed by atoms with Gasteiger partial charge in [0.25, 0.3) is 0 Å². The first-order chi connectivity index (χ1) is 9.41. The van der Waals surface area contributed by atoms with Gasteiger partial charge in [-0.3, -0.25) is 0 Å². The molecule has 20 heavy (non-hydrogen) atoms. The van der Waals surface area contributed by atoms with E-state index in [2.05, 4.69) is 4.98 Å². The van der Waals surface area contributed by atoms with E-state index < -0.39 is 11.7 Å². The fourth-order valence-electron chi connectivity index (χ4n) is 1.67. The molecule has 0 atom stereocenters. The summed E-state index contributed by atoms with van der Waals surface area (Å²) in [6.07, 6.45) is -4.47. The standard InChI is InChI=1S/C14H11ClF3NO/c1-9-10(8-15)6-7-13(19-9)20-12-5-3-2-4-11(12)14(16,17)18/h2-7H,8H2,1H3. The van der Waals surface area contributed by atoms with Gasteiger partial charge in [-0.2, -0.15) is 13.2 Å². The third-order valence-corrected chi connectivity index (χ3v) is 3.01. The minimum atomic E-state index is -4.47. The second-order valence-electron chi connectivity index (χ2n) is 4.12. The number of benzene rings is 1. The molecule has 0 radical (unpaired) electrons. The molecule has 1 heterocycles. The number of nitrogens with zero attached hydrogens (tertiary/aromatic N) is 1. The molecule has 0 aliphatic rings. The van der Waals surface area contributed by atoms with Crippen LogP contribution in [0, 0.1) is 6.92 Å². The molecular weight excluding hydrogens is 291 g/mol. The van der Waals surface area contributed by atoms with E-state index in [9.17, 15) is 13.2 Å². The smallest absolute Gasteiger partial charge is 0.419 e. The predicted octanol–water partition coefficient (Wildman–Crippen LogP) is 4.94. The summed E-state index contributed by atoms with van der Waals surface area (Å²) in [6.45, 7) is 1.72. The van der Waals surface area contributed by atoms with E-state index in [1.165, 1.54) is 24.3 Å². The first-order valence-electron chi connectivity index (χ1n) is 5.78. The average Bonchev–Trinajstić information content (AvgIpc) is 2.38. The lowest BCUT2D eigenvalue weighted by Gasteiger charge is -2.13. The molecule has 0 saturated carbocycles. The highest BCUT2D eigenvalue weighted by atomic mass is 35.5. The lowest BCUT2D eigenvalue weighted by molar-refractivity contribution is -0.138. The van der Waals surface area contributed by atoms with Crippen LogP contribution < -0.4 is 4.74 Å². The van der Waals surface area contributed by atoms with Crippen LogP contribution in [0.4, 0.5) is 13.2 Å². The molecule has 1 aromatic heterocycles.